The lowest BCUT2D eigenvalue weighted by Gasteiger charge is -2.24. The Morgan fingerprint density at radius 1 is 0.926 bits per heavy atom. The number of nitrogens with zero attached hydrogens (tertiary/aromatic N) is 1. The molecule has 4 N–H and O–H groups in total. The Morgan fingerprint density at radius 2 is 1.50 bits per heavy atom. The van der Waals surface area contributed by atoms with Crippen LogP contribution in [0.2, 0.25) is 0 Å². The molecule has 2 aromatic rings. The number of alkyl halides is 1. The van der Waals surface area contributed by atoms with Crippen LogP contribution in [0, 0.1) is 0 Å². The van der Waals surface area contributed by atoms with Gasteiger partial charge in [0.2, 0.25) is 5.91 Å². The number of nitrogens with one attached hydrogen (secondary N) is 3. The maximum atomic E-state index is 15.6. The van der Waals surface area contributed by atoms with Gasteiger partial charge in [0, 0.05) is 31.8 Å². The smallest absolute Gasteiger partial charge is 0.413 e. The molecule has 1 unspecified atom stereocenters. The van der Waals surface area contributed by atoms with Crippen LogP contribution in [0.5, 0.6) is 5.75 Å². The number of aliphatic hydroxyl groups excluding tert-OH is 1. The Morgan fingerprint density at radius 3 is 2.07 bits per heavy atom. The Balaban J connectivity index is 1.36. The highest BCUT2D eigenvalue weighted by Gasteiger charge is 2.55. The number of benzene rings is 1. The maximum absolute atomic E-state index is 15.6. The van der Waals surface area contributed by atoms with Gasteiger partial charge in [-0.1, -0.05) is 98.0 Å². The molecule has 294 valence electrons. The molecule has 0 spiro atoms. The van der Waals surface area contributed by atoms with Crippen LogP contribution in [-0.4, -0.2) is 58.1 Å². The second-order valence-electron chi connectivity index (χ2n) is 12.5. The number of aliphatic hydroxyl groups is 1. The van der Waals surface area contributed by atoms with Gasteiger partial charge in [-0.15, -0.1) is 0 Å². The zero-order valence-electron chi connectivity index (χ0n) is 31.1. The number of rotatable bonds is 24. The molecule has 54 heavy (non-hydrogen) atoms. The average molecular weight is 769 g/mol. The van der Waals surface area contributed by atoms with Gasteiger partial charge in [-0.3, -0.25) is 23.7 Å². The fourth-order valence-corrected chi connectivity index (χ4v) is 6.53. The molecule has 14 heteroatoms. The molecule has 0 radical (unpaired) electrons. The number of carbonyl (C=O) groups excluding carboxylic acids is 1. The quantitative estimate of drug-likeness (QED) is 0.0506. The van der Waals surface area contributed by atoms with Crippen molar-refractivity contribution in [2.75, 3.05) is 19.7 Å². The summed E-state index contributed by atoms with van der Waals surface area (Å²) < 4.78 is 47.0. The number of hydrogen-bond acceptors (Lipinski definition) is 8. The standard InChI is InChI=1S/C40H54FN4O8P/c1-3-4-5-6-7-8-9-10-11-12-13-14-15-16-17-18-19-20-24-27-35(46)42-29-30-43-54(50,53-33-25-22-21-23-26-33)51-32-34-37(48)40(2,41)38(52-34)45-31-28-36(47)44-39(45)49/h4-5,7-8,10-11,13-14,16-17,19-23,25-26,28,31,34,37-38,48H,3,6,9,12,15,18,24,27,29-30,32H2,1-2H3,(H,42,46)(H,43,50)(H,44,47,49)/b5-4-,8-7-,11-10-,14-13-,17-16-,20-19-/t34-,37-,38-,40-,54?/m1/s1. The molecule has 3 rings (SSSR count). The zero-order chi connectivity index (χ0) is 39.1. The highest BCUT2D eigenvalue weighted by molar-refractivity contribution is 7.52. The third kappa shape index (κ3) is 15.9. The van der Waals surface area contributed by atoms with Gasteiger partial charge in [-0.25, -0.2) is 18.8 Å². The van der Waals surface area contributed by atoms with Crippen LogP contribution in [0.15, 0.2) is 125 Å². The second-order valence-corrected chi connectivity index (χ2v) is 14.3. The summed E-state index contributed by atoms with van der Waals surface area (Å²) in [7, 11) is -4.15. The number of para-hydroxylation sites is 1. The predicted molar refractivity (Wildman–Crippen MR) is 210 cm³/mol. The fourth-order valence-electron chi connectivity index (χ4n) is 5.20. The van der Waals surface area contributed by atoms with E-state index >= 15 is 4.39 Å². The molecule has 12 nitrogen and oxygen atoms in total. The number of hydrogen-bond donors (Lipinski definition) is 4. The van der Waals surface area contributed by atoms with Gasteiger partial charge in [-0.05, 0) is 64.0 Å². The van der Waals surface area contributed by atoms with Crippen LogP contribution in [0.25, 0.3) is 0 Å². The van der Waals surface area contributed by atoms with Gasteiger partial charge >= 0.3 is 13.4 Å². The minimum atomic E-state index is -4.15. The molecule has 0 saturated carbocycles. The Hall–Kier alpha value is -4.39. The van der Waals surface area contributed by atoms with E-state index < -0.39 is 49.7 Å². The van der Waals surface area contributed by atoms with Gasteiger partial charge in [0.05, 0.1) is 6.61 Å². The van der Waals surface area contributed by atoms with Gasteiger partial charge in [0.1, 0.15) is 18.0 Å². The lowest BCUT2D eigenvalue weighted by molar-refractivity contribution is -0.120. The minimum absolute atomic E-state index is 0.0000630. The largest absolute Gasteiger partial charge is 0.458 e. The van der Waals surface area contributed by atoms with Crippen LogP contribution < -0.4 is 26.2 Å². The van der Waals surface area contributed by atoms with E-state index in [2.05, 4.69) is 78.1 Å². The maximum Gasteiger partial charge on any atom is 0.458 e. The summed E-state index contributed by atoms with van der Waals surface area (Å²) in [5.41, 5.74) is -4.08. The van der Waals surface area contributed by atoms with Crippen molar-refractivity contribution in [2.24, 2.45) is 0 Å². The van der Waals surface area contributed by atoms with Crippen molar-refractivity contribution in [1.82, 2.24) is 20.0 Å². The number of allylic oxidation sites excluding steroid dienone is 12. The summed E-state index contributed by atoms with van der Waals surface area (Å²) in [5, 5.41) is 16.1. The summed E-state index contributed by atoms with van der Waals surface area (Å²) in [6, 6.07) is 9.23. The number of carbonyl (C=O) groups is 1. The van der Waals surface area contributed by atoms with Crippen LogP contribution >= 0.6 is 7.75 Å². The van der Waals surface area contributed by atoms with Crippen molar-refractivity contribution in [2.45, 2.75) is 89.3 Å². The molecule has 1 fully saturated rings. The van der Waals surface area contributed by atoms with Crippen molar-refractivity contribution < 1.29 is 32.6 Å². The number of halogens is 1. The van der Waals surface area contributed by atoms with E-state index in [4.69, 9.17) is 13.8 Å². The number of aromatic nitrogens is 2. The third-order valence-electron chi connectivity index (χ3n) is 8.09. The van der Waals surface area contributed by atoms with E-state index in [9.17, 15) is 24.1 Å². The van der Waals surface area contributed by atoms with Gasteiger partial charge in [-0.2, -0.15) is 0 Å². The van der Waals surface area contributed by atoms with E-state index in [1.54, 1.807) is 30.3 Å². The first kappa shape index (κ1) is 44.0. The molecule has 0 bridgehead atoms. The third-order valence-corrected chi connectivity index (χ3v) is 9.64. The molecule has 0 aliphatic carbocycles. The molecule has 1 aromatic carbocycles. The Labute approximate surface area is 316 Å². The first-order valence-corrected chi connectivity index (χ1v) is 19.8. The second kappa shape index (κ2) is 24.1. The lowest BCUT2D eigenvalue weighted by Crippen LogP contribution is -2.43. The van der Waals surface area contributed by atoms with Crippen LogP contribution in [0.1, 0.15) is 71.4 Å². The van der Waals surface area contributed by atoms with Crippen LogP contribution in [0.4, 0.5) is 4.39 Å². The summed E-state index contributed by atoms with van der Waals surface area (Å²) in [5.74, 6) is 0.0268. The van der Waals surface area contributed by atoms with E-state index in [1.807, 2.05) is 17.1 Å². The normalized spacial score (nSPS) is 21.7. The summed E-state index contributed by atoms with van der Waals surface area (Å²) >= 11 is 0. The molecular formula is C40H54FN4O8P. The van der Waals surface area contributed by atoms with E-state index in [0.29, 0.717) is 6.42 Å². The van der Waals surface area contributed by atoms with Crippen molar-refractivity contribution >= 4 is 13.7 Å². The Bertz CT molecular complexity index is 1770. The number of ether oxygens (including phenoxy) is 1. The van der Waals surface area contributed by atoms with Crippen LogP contribution in [0.3, 0.4) is 0 Å². The predicted octanol–water partition coefficient (Wildman–Crippen LogP) is 6.91. The number of H-pyrrole nitrogens is 1. The average Bonchev–Trinajstić information content (AvgIpc) is 3.37. The molecule has 5 atom stereocenters. The molecule has 2 heterocycles. The summed E-state index contributed by atoms with van der Waals surface area (Å²) in [6.07, 6.45) is 28.2. The fraction of sp³-hybridized carbons (Fsp3) is 0.425. The molecule has 1 aliphatic rings. The molecule has 1 aromatic heterocycles. The minimum Gasteiger partial charge on any atom is -0.413 e. The van der Waals surface area contributed by atoms with Gasteiger partial charge in [0.15, 0.2) is 11.9 Å². The van der Waals surface area contributed by atoms with Gasteiger partial charge < -0.3 is 19.7 Å². The number of aromatic amines is 1. The monoisotopic (exact) mass is 768 g/mol. The topological polar surface area (TPSA) is 161 Å². The lowest BCUT2D eigenvalue weighted by atomic mass is 9.98. The van der Waals surface area contributed by atoms with Gasteiger partial charge in [0.25, 0.3) is 5.56 Å². The highest BCUT2D eigenvalue weighted by Crippen LogP contribution is 2.46. The zero-order valence-corrected chi connectivity index (χ0v) is 32.0. The Kier molecular flexibility index (Phi) is 19.6. The molecule has 1 aliphatic heterocycles. The van der Waals surface area contributed by atoms with Crippen molar-refractivity contribution in [3.63, 3.8) is 0 Å². The van der Waals surface area contributed by atoms with Crippen molar-refractivity contribution in [3.05, 3.63) is 136 Å². The van der Waals surface area contributed by atoms with E-state index in [0.717, 1.165) is 62.3 Å². The highest BCUT2D eigenvalue weighted by atomic mass is 31.2. The number of amides is 1. The SMILES string of the molecule is CC/C=C\C/C=C\C/C=C\C/C=C\C/C=C\C/C=C\CCC(=O)NCCNP(=O)(OC[C@H]1O[C@@H](n2ccc(=O)[nH]c2=O)[C@](C)(F)[C@@H]1O)Oc1ccccc1. The van der Waals surface area contributed by atoms with Crippen molar-refractivity contribution in [1.29, 1.82) is 0 Å². The first-order chi connectivity index (χ1) is 26.1. The van der Waals surface area contributed by atoms with E-state index in [-0.39, 0.29) is 31.2 Å². The summed E-state index contributed by atoms with van der Waals surface area (Å²) in [6.45, 7) is 2.71. The summed E-state index contributed by atoms with van der Waals surface area (Å²) in [4.78, 5) is 38.1. The molecule has 1 saturated heterocycles. The molecular weight excluding hydrogens is 714 g/mol. The van der Waals surface area contributed by atoms with Crippen molar-refractivity contribution in [3.8, 4) is 5.75 Å². The van der Waals surface area contributed by atoms with E-state index in [1.165, 1.54) is 0 Å². The van der Waals surface area contributed by atoms with Crippen LogP contribution in [-0.2, 0) is 18.6 Å². The molecule has 1 amide bonds. The first-order valence-electron chi connectivity index (χ1n) is 18.3.